The van der Waals surface area contributed by atoms with E-state index in [2.05, 4.69) is 49.9 Å². The molecule has 32 heavy (non-hydrogen) atoms. The van der Waals surface area contributed by atoms with Crippen LogP contribution in [0.2, 0.25) is 0 Å². The lowest BCUT2D eigenvalue weighted by atomic mass is 10.3. The summed E-state index contributed by atoms with van der Waals surface area (Å²) >= 11 is 4.21. The second kappa shape index (κ2) is 9.84. The largest absolute Gasteiger partial charge is 0.466 e. The molecule has 0 aromatic heterocycles. The summed E-state index contributed by atoms with van der Waals surface area (Å²) in [6.07, 6.45) is 0. The molecule has 12 heteroatoms. The summed E-state index contributed by atoms with van der Waals surface area (Å²) in [6.45, 7) is 0. The molecule has 168 valence electrons. The van der Waals surface area contributed by atoms with Crippen molar-refractivity contribution in [2.75, 3.05) is 0 Å². The highest BCUT2D eigenvalue weighted by molar-refractivity contribution is 14.1. The van der Waals surface area contributed by atoms with Gasteiger partial charge in [0.2, 0.25) is 0 Å². The number of ether oxygens (including phenoxy) is 3. The summed E-state index contributed by atoms with van der Waals surface area (Å²) in [6, 6.07) is 17.3. The van der Waals surface area contributed by atoms with Crippen molar-refractivity contribution in [1.82, 2.24) is 0 Å². The number of hydrogen-bond acceptors (Lipinski definition) is 6. The summed E-state index contributed by atoms with van der Waals surface area (Å²) in [5.41, 5.74) is 0. The Morgan fingerprint density at radius 3 is 1.50 bits per heavy atom. The van der Waals surface area contributed by atoms with Gasteiger partial charge in [0.25, 0.3) is 0 Å². The van der Waals surface area contributed by atoms with Crippen LogP contribution in [0.25, 0.3) is 0 Å². The summed E-state index contributed by atoms with van der Waals surface area (Å²) in [7, 11) is -6.02. The molecule has 0 aliphatic heterocycles. The molecule has 3 aromatic carbocycles. The van der Waals surface area contributed by atoms with Crippen molar-refractivity contribution >= 4 is 61.3 Å². The van der Waals surface area contributed by atoms with Crippen molar-refractivity contribution < 1.29 is 40.8 Å². The molecule has 0 radical (unpaired) electrons. The minimum Gasteiger partial charge on any atom is -0.457 e. The first kappa shape index (κ1) is 24.6. The van der Waals surface area contributed by atoms with Gasteiger partial charge in [0.15, 0.2) is 0 Å². The highest BCUT2D eigenvalue weighted by Gasteiger charge is 2.54. The lowest BCUT2D eigenvalue weighted by Gasteiger charge is -2.14. The molecule has 3 rings (SSSR count). The Labute approximate surface area is 208 Å². The number of halogens is 4. The van der Waals surface area contributed by atoms with E-state index in [9.17, 15) is 22.0 Å². The van der Waals surface area contributed by atoms with Gasteiger partial charge >= 0.3 is 21.3 Å². The van der Waals surface area contributed by atoms with Crippen LogP contribution in [-0.4, -0.2) is 24.2 Å². The van der Waals surface area contributed by atoms with E-state index < -0.39 is 27.1 Å². The molecule has 7 nitrogen and oxygen atoms in total. The Morgan fingerprint density at radius 2 is 1.12 bits per heavy atom. The van der Waals surface area contributed by atoms with Crippen LogP contribution in [0.5, 0.6) is 28.7 Å². The number of carbonyl (C=O) groups excluding carboxylic acids is 1. The number of hydrogen-bond donors (Lipinski definition) is 1. The molecule has 1 N–H and O–H groups in total. The molecule has 0 unspecified atom stereocenters. The van der Waals surface area contributed by atoms with Gasteiger partial charge < -0.3 is 14.2 Å². The van der Waals surface area contributed by atoms with E-state index in [-0.39, 0.29) is 11.5 Å². The van der Waals surface area contributed by atoms with Crippen LogP contribution in [-0.2, 0) is 14.9 Å². The normalized spacial score (nSPS) is 11.7. The standard InChI is InChI=1S/C20H12F2I2O7S/c21-20(22,32(26,27)28)19(25)31-18-10-16(29-14-5-1-12(23)2-6-14)9-17(11-18)30-15-7-3-13(24)4-8-15/h1-11H,(H,26,27,28). The van der Waals surface area contributed by atoms with E-state index in [1.165, 1.54) is 6.07 Å². The van der Waals surface area contributed by atoms with E-state index in [0.29, 0.717) is 11.5 Å². The molecule has 0 amide bonds. The highest BCUT2D eigenvalue weighted by Crippen LogP contribution is 2.35. The first-order valence-corrected chi connectivity index (χ1v) is 12.1. The van der Waals surface area contributed by atoms with Gasteiger partial charge in [-0.2, -0.15) is 17.2 Å². The fraction of sp³-hybridized carbons (Fsp3) is 0.0500. The molecule has 0 bridgehead atoms. The highest BCUT2D eigenvalue weighted by atomic mass is 127. The molecule has 0 fully saturated rings. The van der Waals surface area contributed by atoms with E-state index >= 15 is 0 Å². The predicted molar refractivity (Wildman–Crippen MR) is 127 cm³/mol. The molecule has 3 aromatic rings. The number of benzene rings is 3. The number of carbonyl (C=O) groups is 1. The average Bonchev–Trinajstić information content (AvgIpc) is 2.70. The maximum Gasteiger partial charge on any atom is 0.466 e. The number of rotatable bonds is 7. The van der Waals surface area contributed by atoms with Gasteiger partial charge in [-0.15, -0.1) is 0 Å². The fourth-order valence-corrected chi connectivity index (χ4v) is 3.24. The Balaban J connectivity index is 1.94. The Hall–Kier alpha value is -2.04. The van der Waals surface area contributed by atoms with Crippen LogP contribution in [0, 0.1) is 7.14 Å². The molecule has 0 spiro atoms. The molecule has 0 atom stereocenters. The maximum atomic E-state index is 13.6. The third-order valence-electron chi connectivity index (χ3n) is 3.72. The van der Waals surface area contributed by atoms with Crippen LogP contribution in [0.4, 0.5) is 8.78 Å². The molecule has 0 saturated heterocycles. The van der Waals surface area contributed by atoms with Crippen LogP contribution < -0.4 is 14.2 Å². The second-order valence-electron chi connectivity index (χ2n) is 6.13. The molecule has 0 aliphatic carbocycles. The summed E-state index contributed by atoms with van der Waals surface area (Å²) in [5.74, 6) is -2.04. The number of esters is 1. The lowest BCUT2D eigenvalue weighted by Crippen LogP contribution is -2.40. The van der Waals surface area contributed by atoms with Crippen molar-refractivity contribution in [2.45, 2.75) is 5.25 Å². The predicted octanol–water partition coefficient (Wildman–Crippen LogP) is 5.87. The summed E-state index contributed by atoms with van der Waals surface area (Å²) < 4.78 is 75.2. The van der Waals surface area contributed by atoms with E-state index in [1.807, 2.05) is 0 Å². The quantitative estimate of drug-likeness (QED) is 0.144. The molecular formula is C20H12F2I2O7S. The summed E-state index contributed by atoms with van der Waals surface area (Å²) in [4.78, 5) is 11.7. The maximum absolute atomic E-state index is 13.6. The van der Waals surface area contributed by atoms with E-state index in [0.717, 1.165) is 19.3 Å². The van der Waals surface area contributed by atoms with Gasteiger partial charge in [0.05, 0.1) is 0 Å². The minimum atomic E-state index is -6.02. The van der Waals surface area contributed by atoms with Crippen LogP contribution in [0.3, 0.4) is 0 Å². The topological polar surface area (TPSA) is 99.1 Å². The van der Waals surface area contributed by atoms with Gasteiger partial charge in [0, 0.05) is 25.3 Å². The first-order chi connectivity index (χ1) is 14.9. The van der Waals surface area contributed by atoms with Gasteiger partial charge in [-0.25, -0.2) is 4.79 Å². The molecule has 0 heterocycles. The Morgan fingerprint density at radius 1 is 0.750 bits per heavy atom. The lowest BCUT2D eigenvalue weighted by molar-refractivity contribution is -0.151. The monoisotopic (exact) mass is 688 g/mol. The zero-order valence-corrected chi connectivity index (χ0v) is 20.8. The van der Waals surface area contributed by atoms with Crippen molar-refractivity contribution in [2.24, 2.45) is 0 Å². The Bertz CT molecular complexity index is 1170. The van der Waals surface area contributed by atoms with Crippen LogP contribution in [0.1, 0.15) is 0 Å². The van der Waals surface area contributed by atoms with Crippen molar-refractivity contribution in [1.29, 1.82) is 0 Å². The van der Waals surface area contributed by atoms with Crippen LogP contribution >= 0.6 is 45.2 Å². The van der Waals surface area contributed by atoms with E-state index in [4.69, 9.17) is 14.0 Å². The SMILES string of the molecule is O=C(Oc1cc(Oc2ccc(I)cc2)cc(Oc2ccc(I)cc2)c1)C(F)(F)S(=O)(=O)O. The van der Waals surface area contributed by atoms with Gasteiger partial charge in [-0.1, -0.05) is 0 Å². The minimum absolute atomic E-state index is 0.0622. The smallest absolute Gasteiger partial charge is 0.457 e. The second-order valence-corrected chi connectivity index (χ2v) is 10.1. The summed E-state index contributed by atoms with van der Waals surface area (Å²) in [5, 5.41) is -5.16. The van der Waals surface area contributed by atoms with Crippen molar-refractivity contribution in [3.05, 3.63) is 73.9 Å². The zero-order valence-electron chi connectivity index (χ0n) is 15.7. The average molecular weight is 688 g/mol. The number of alkyl halides is 2. The Kier molecular flexibility index (Phi) is 7.57. The molecule has 0 saturated carbocycles. The first-order valence-electron chi connectivity index (χ1n) is 8.53. The van der Waals surface area contributed by atoms with Crippen LogP contribution in [0.15, 0.2) is 66.7 Å². The molecule has 0 aliphatic rings. The van der Waals surface area contributed by atoms with Gasteiger partial charge in [-0.3, -0.25) is 4.55 Å². The third-order valence-corrected chi connectivity index (χ3v) is 5.98. The van der Waals surface area contributed by atoms with Gasteiger partial charge in [0.1, 0.15) is 28.7 Å². The van der Waals surface area contributed by atoms with Crippen molar-refractivity contribution in [3.8, 4) is 28.7 Å². The van der Waals surface area contributed by atoms with Gasteiger partial charge in [-0.05, 0) is 93.7 Å². The van der Waals surface area contributed by atoms with Crippen molar-refractivity contribution in [3.63, 3.8) is 0 Å². The zero-order chi connectivity index (χ0) is 23.5. The van der Waals surface area contributed by atoms with E-state index in [1.54, 1.807) is 48.5 Å². The fourth-order valence-electron chi connectivity index (χ4n) is 2.27. The third kappa shape index (κ3) is 6.26. The molecular weight excluding hydrogens is 676 g/mol.